The van der Waals surface area contributed by atoms with Crippen molar-refractivity contribution in [1.82, 2.24) is 14.8 Å². The zero-order valence-electron chi connectivity index (χ0n) is 18.6. The van der Waals surface area contributed by atoms with Gasteiger partial charge in [0.15, 0.2) is 10.1 Å². The number of ether oxygens (including phenoxy) is 2. The molecule has 4 rings (SSSR count). The predicted octanol–water partition coefficient (Wildman–Crippen LogP) is 5.25. The van der Waals surface area contributed by atoms with Crippen molar-refractivity contribution in [1.29, 1.82) is 0 Å². The van der Waals surface area contributed by atoms with Crippen LogP contribution in [0.15, 0.2) is 34.7 Å². The normalized spacial score (nSPS) is 15.8. The Kier molecular flexibility index (Phi) is 7.49. The third-order valence-electron chi connectivity index (χ3n) is 5.45. The zero-order valence-corrected chi connectivity index (χ0v) is 20.2. The first kappa shape index (κ1) is 22.8. The molecule has 0 saturated carbocycles. The number of rotatable bonds is 10. The second kappa shape index (κ2) is 10.5. The molecule has 7 nitrogen and oxygen atoms in total. The molecule has 1 aliphatic rings. The lowest BCUT2D eigenvalue weighted by atomic mass is 10.2. The van der Waals surface area contributed by atoms with Crippen LogP contribution in [0.4, 0.5) is 10.8 Å². The number of aryl methyl sites for hydroxylation is 1. The first-order valence-corrected chi connectivity index (χ1v) is 12.6. The topological polar surface area (TPSA) is 78.3 Å². The van der Waals surface area contributed by atoms with Gasteiger partial charge in [0.2, 0.25) is 5.13 Å². The van der Waals surface area contributed by atoms with E-state index in [0.29, 0.717) is 17.5 Å². The summed E-state index contributed by atoms with van der Waals surface area (Å²) in [5, 5.41) is 12.4. The van der Waals surface area contributed by atoms with Gasteiger partial charge < -0.3 is 19.4 Å². The monoisotopic (exact) mass is 472 g/mol. The Labute approximate surface area is 196 Å². The fraction of sp³-hybridized carbons (Fsp3) is 0.435. The fourth-order valence-electron chi connectivity index (χ4n) is 3.85. The number of anilines is 2. The number of para-hydroxylation sites is 2. The average Bonchev–Trinajstić information content (AvgIpc) is 3.52. The maximum Gasteiger partial charge on any atom is 0.210 e. The molecule has 0 aliphatic carbocycles. The minimum absolute atomic E-state index is 0.105. The average molecular weight is 473 g/mol. The number of carbonyl (C=O) groups excluding carboxylic acids is 1. The third-order valence-corrected chi connectivity index (χ3v) is 7.42. The number of nitrogens with zero attached hydrogens (tertiary/aromatic N) is 3. The lowest BCUT2D eigenvalue weighted by Gasteiger charge is -2.14. The van der Waals surface area contributed by atoms with Crippen molar-refractivity contribution in [2.45, 2.75) is 50.6 Å². The van der Waals surface area contributed by atoms with E-state index in [-0.39, 0.29) is 11.9 Å². The quantitative estimate of drug-likeness (QED) is 0.319. The fourth-order valence-corrected chi connectivity index (χ4v) is 5.49. The number of benzene rings is 1. The summed E-state index contributed by atoms with van der Waals surface area (Å²) in [7, 11) is 0. The molecule has 32 heavy (non-hydrogen) atoms. The van der Waals surface area contributed by atoms with Crippen molar-refractivity contribution in [3.8, 4) is 5.75 Å². The SMILES string of the molecule is CCOc1ccccc1Nc1nnc(SCC(=O)c2cc(C)n(CC3CCCO3)c2C)s1. The molecule has 1 saturated heterocycles. The zero-order chi connectivity index (χ0) is 22.5. The molecule has 0 spiro atoms. The number of Topliss-reactive ketones (excluding diaryl/α,β-unsaturated/α-hetero) is 1. The molecule has 3 aromatic rings. The van der Waals surface area contributed by atoms with E-state index >= 15 is 0 Å². The highest BCUT2D eigenvalue weighted by molar-refractivity contribution is 8.01. The molecule has 1 fully saturated rings. The molecular formula is C23H28N4O3S2. The van der Waals surface area contributed by atoms with Gasteiger partial charge in [0.05, 0.1) is 24.2 Å². The van der Waals surface area contributed by atoms with Gasteiger partial charge in [0, 0.05) is 30.1 Å². The molecule has 0 bridgehead atoms. The molecule has 170 valence electrons. The minimum Gasteiger partial charge on any atom is -0.492 e. The lowest BCUT2D eigenvalue weighted by molar-refractivity contribution is 0.0957. The van der Waals surface area contributed by atoms with E-state index in [1.807, 2.05) is 44.2 Å². The van der Waals surface area contributed by atoms with Crippen molar-refractivity contribution >= 4 is 39.7 Å². The Morgan fingerprint density at radius 3 is 2.97 bits per heavy atom. The molecule has 1 atom stereocenters. The second-order valence-corrected chi connectivity index (χ2v) is 9.87. The summed E-state index contributed by atoms with van der Waals surface area (Å²) in [5.41, 5.74) is 3.73. The number of hydrogen-bond donors (Lipinski definition) is 1. The molecule has 1 aliphatic heterocycles. The van der Waals surface area contributed by atoms with Crippen LogP contribution in [0.3, 0.4) is 0 Å². The van der Waals surface area contributed by atoms with Crippen molar-refractivity contribution in [3.05, 3.63) is 47.3 Å². The van der Waals surface area contributed by atoms with Crippen LogP contribution in [0.1, 0.15) is 41.5 Å². The van der Waals surface area contributed by atoms with E-state index in [1.54, 1.807) is 0 Å². The van der Waals surface area contributed by atoms with Gasteiger partial charge in [-0.05, 0) is 51.8 Å². The van der Waals surface area contributed by atoms with Gasteiger partial charge in [0.1, 0.15) is 5.75 Å². The van der Waals surface area contributed by atoms with Gasteiger partial charge in [-0.1, -0.05) is 35.2 Å². The Morgan fingerprint density at radius 1 is 1.34 bits per heavy atom. The first-order valence-electron chi connectivity index (χ1n) is 10.8. The Hall–Kier alpha value is -2.36. The molecule has 9 heteroatoms. The number of hydrogen-bond acceptors (Lipinski definition) is 8. The van der Waals surface area contributed by atoms with Gasteiger partial charge in [-0.3, -0.25) is 4.79 Å². The highest BCUT2D eigenvalue weighted by Crippen LogP contribution is 2.32. The number of nitrogens with one attached hydrogen (secondary N) is 1. The van der Waals surface area contributed by atoms with Crippen molar-refractivity contribution < 1.29 is 14.3 Å². The molecule has 1 unspecified atom stereocenters. The van der Waals surface area contributed by atoms with Crippen molar-refractivity contribution in [2.24, 2.45) is 0 Å². The third kappa shape index (κ3) is 5.33. The second-order valence-electron chi connectivity index (χ2n) is 7.67. The van der Waals surface area contributed by atoms with Crippen LogP contribution in [-0.2, 0) is 11.3 Å². The standard InChI is InChI=1S/C23H28N4O3S2/c1-4-29-21-10-6-5-9-19(21)24-22-25-26-23(32-22)31-14-20(28)18-12-15(2)27(16(18)3)13-17-8-7-11-30-17/h5-6,9-10,12,17H,4,7-8,11,13-14H2,1-3H3,(H,24,25). The van der Waals surface area contributed by atoms with Crippen LogP contribution in [0.25, 0.3) is 0 Å². The summed E-state index contributed by atoms with van der Waals surface area (Å²) in [6.45, 7) is 8.26. The molecule has 0 radical (unpaired) electrons. The molecule has 1 N–H and O–H groups in total. The largest absolute Gasteiger partial charge is 0.492 e. The number of thioether (sulfide) groups is 1. The van der Waals surface area contributed by atoms with Crippen molar-refractivity contribution in [2.75, 3.05) is 24.3 Å². The van der Waals surface area contributed by atoms with E-state index < -0.39 is 0 Å². The van der Waals surface area contributed by atoms with Crippen LogP contribution in [-0.4, -0.2) is 45.6 Å². The first-order chi connectivity index (χ1) is 15.5. The summed E-state index contributed by atoms with van der Waals surface area (Å²) in [5.74, 6) is 1.20. The smallest absolute Gasteiger partial charge is 0.210 e. The summed E-state index contributed by atoms with van der Waals surface area (Å²) in [6.07, 6.45) is 2.44. The van der Waals surface area contributed by atoms with Gasteiger partial charge in [-0.15, -0.1) is 10.2 Å². The van der Waals surface area contributed by atoms with E-state index in [4.69, 9.17) is 9.47 Å². The summed E-state index contributed by atoms with van der Waals surface area (Å²) < 4.78 is 14.4. The summed E-state index contributed by atoms with van der Waals surface area (Å²) in [6, 6.07) is 9.72. The molecule has 1 aromatic carbocycles. The van der Waals surface area contributed by atoms with E-state index in [9.17, 15) is 4.79 Å². The van der Waals surface area contributed by atoms with Gasteiger partial charge in [-0.25, -0.2) is 0 Å². The molecule has 0 amide bonds. The summed E-state index contributed by atoms with van der Waals surface area (Å²) in [4.78, 5) is 12.9. The van der Waals surface area contributed by atoms with E-state index in [2.05, 4.69) is 27.0 Å². The number of ketones is 1. The highest BCUT2D eigenvalue weighted by Gasteiger charge is 2.21. The number of aromatic nitrogens is 3. The van der Waals surface area contributed by atoms with Crippen molar-refractivity contribution in [3.63, 3.8) is 0 Å². The highest BCUT2D eigenvalue weighted by atomic mass is 32.2. The van der Waals surface area contributed by atoms with E-state index in [1.165, 1.54) is 23.1 Å². The van der Waals surface area contributed by atoms with Gasteiger partial charge in [0.25, 0.3) is 0 Å². The Balaban J connectivity index is 1.36. The van der Waals surface area contributed by atoms with Gasteiger partial charge >= 0.3 is 0 Å². The summed E-state index contributed by atoms with van der Waals surface area (Å²) >= 11 is 2.84. The van der Waals surface area contributed by atoms with Crippen LogP contribution in [0.2, 0.25) is 0 Å². The Bertz CT molecular complexity index is 1070. The van der Waals surface area contributed by atoms with Crippen LogP contribution in [0.5, 0.6) is 5.75 Å². The van der Waals surface area contributed by atoms with Crippen LogP contribution < -0.4 is 10.1 Å². The van der Waals surface area contributed by atoms with Crippen LogP contribution in [0, 0.1) is 13.8 Å². The predicted molar refractivity (Wildman–Crippen MR) is 129 cm³/mol. The maximum absolute atomic E-state index is 12.9. The number of carbonyl (C=O) groups is 1. The maximum atomic E-state index is 12.9. The van der Waals surface area contributed by atoms with Gasteiger partial charge in [-0.2, -0.15) is 0 Å². The van der Waals surface area contributed by atoms with Crippen LogP contribution >= 0.6 is 23.1 Å². The Morgan fingerprint density at radius 2 is 2.19 bits per heavy atom. The molecule has 2 aromatic heterocycles. The minimum atomic E-state index is 0.105. The molecule has 3 heterocycles. The molecular weight excluding hydrogens is 444 g/mol. The van der Waals surface area contributed by atoms with E-state index in [0.717, 1.165) is 58.7 Å². The lowest BCUT2D eigenvalue weighted by Crippen LogP contribution is -2.17.